The van der Waals surface area contributed by atoms with Gasteiger partial charge in [-0.3, -0.25) is 9.48 Å². The lowest BCUT2D eigenvalue weighted by Crippen LogP contribution is -2.30. The molecule has 0 bridgehead atoms. The monoisotopic (exact) mass is 248 g/mol. The molecule has 2 aliphatic rings. The Balaban J connectivity index is 1.55. The van der Waals surface area contributed by atoms with Crippen molar-refractivity contribution in [2.75, 3.05) is 19.6 Å². The molecule has 3 heterocycles. The lowest BCUT2D eigenvalue weighted by atomic mass is 10.1. The molecule has 1 N–H and O–H groups in total. The largest absolute Gasteiger partial charge is 0.343 e. The van der Waals surface area contributed by atoms with Crippen LogP contribution >= 0.6 is 0 Å². The highest BCUT2D eigenvalue weighted by molar-refractivity contribution is 5.77. The molecule has 0 spiro atoms. The first kappa shape index (κ1) is 11.7. The van der Waals surface area contributed by atoms with E-state index in [0.717, 1.165) is 52.0 Å². The minimum absolute atomic E-state index is 0.330. The van der Waals surface area contributed by atoms with Crippen molar-refractivity contribution in [1.82, 2.24) is 20.0 Å². The summed E-state index contributed by atoms with van der Waals surface area (Å²) in [6.45, 7) is 4.75. The maximum atomic E-state index is 11.6. The zero-order valence-electron chi connectivity index (χ0n) is 10.6. The van der Waals surface area contributed by atoms with Gasteiger partial charge in [0.2, 0.25) is 5.91 Å². The summed E-state index contributed by atoms with van der Waals surface area (Å²) in [6, 6.07) is 2.07. The summed E-state index contributed by atoms with van der Waals surface area (Å²) in [5.74, 6) is 0.899. The van der Waals surface area contributed by atoms with Gasteiger partial charge in [0.1, 0.15) is 0 Å². The molecule has 1 aromatic rings. The van der Waals surface area contributed by atoms with Crippen LogP contribution in [0.25, 0.3) is 0 Å². The molecule has 18 heavy (non-hydrogen) atoms. The fourth-order valence-corrected chi connectivity index (χ4v) is 2.86. The first-order valence-electron chi connectivity index (χ1n) is 6.82. The van der Waals surface area contributed by atoms with Gasteiger partial charge < -0.3 is 10.2 Å². The molecule has 1 fully saturated rings. The zero-order valence-corrected chi connectivity index (χ0v) is 10.6. The molecule has 1 amide bonds. The van der Waals surface area contributed by atoms with E-state index in [1.165, 1.54) is 5.69 Å². The Kier molecular flexibility index (Phi) is 3.32. The average Bonchev–Trinajstić information content (AvgIpc) is 2.92. The summed E-state index contributed by atoms with van der Waals surface area (Å²) in [5, 5.41) is 7.82. The van der Waals surface area contributed by atoms with E-state index in [-0.39, 0.29) is 0 Å². The third-order valence-electron chi connectivity index (χ3n) is 3.95. The standard InChI is InChI=1S/C13H20N4O/c18-13-2-1-6-16(13)7-4-11-8-14-9-12-3-5-15-17(12)10-11/h3,5,11,14H,1-2,4,6-10H2. The predicted octanol–water partition coefficient (Wildman–Crippen LogP) is 0.615. The Morgan fingerprint density at radius 2 is 2.44 bits per heavy atom. The minimum Gasteiger partial charge on any atom is -0.343 e. The quantitative estimate of drug-likeness (QED) is 0.853. The number of hydrogen-bond donors (Lipinski definition) is 1. The van der Waals surface area contributed by atoms with E-state index in [0.29, 0.717) is 11.8 Å². The molecule has 1 saturated heterocycles. The number of carbonyl (C=O) groups is 1. The highest BCUT2D eigenvalue weighted by atomic mass is 16.2. The van der Waals surface area contributed by atoms with Crippen LogP contribution in [0.15, 0.2) is 12.3 Å². The van der Waals surface area contributed by atoms with Crippen molar-refractivity contribution in [3.05, 3.63) is 18.0 Å². The second-order valence-electron chi connectivity index (χ2n) is 5.27. The molecule has 0 saturated carbocycles. The molecule has 5 nitrogen and oxygen atoms in total. The Hall–Kier alpha value is -1.36. The Labute approximate surface area is 107 Å². The van der Waals surface area contributed by atoms with Crippen molar-refractivity contribution in [2.24, 2.45) is 5.92 Å². The van der Waals surface area contributed by atoms with Crippen LogP contribution in [-0.4, -0.2) is 40.2 Å². The second-order valence-corrected chi connectivity index (χ2v) is 5.27. The molecule has 0 radical (unpaired) electrons. The number of nitrogens with zero attached hydrogens (tertiary/aromatic N) is 3. The summed E-state index contributed by atoms with van der Waals surface area (Å²) in [4.78, 5) is 13.6. The Morgan fingerprint density at radius 3 is 3.28 bits per heavy atom. The maximum Gasteiger partial charge on any atom is 0.222 e. The Bertz CT molecular complexity index is 428. The average molecular weight is 248 g/mol. The van der Waals surface area contributed by atoms with Gasteiger partial charge in [-0.15, -0.1) is 0 Å². The van der Waals surface area contributed by atoms with Crippen molar-refractivity contribution in [3.63, 3.8) is 0 Å². The topological polar surface area (TPSA) is 50.2 Å². The second kappa shape index (κ2) is 5.10. The van der Waals surface area contributed by atoms with Gasteiger partial charge in [0.15, 0.2) is 0 Å². The van der Waals surface area contributed by atoms with E-state index < -0.39 is 0 Å². The summed E-state index contributed by atoms with van der Waals surface area (Å²) in [7, 11) is 0. The third kappa shape index (κ3) is 2.41. The summed E-state index contributed by atoms with van der Waals surface area (Å²) in [6.07, 6.45) is 4.71. The number of aromatic nitrogens is 2. The van der Waals surface area contributed by atoms with Gasteiger partial charge in [-0.25, -0.2) is 0 Å². The molecule has 3 rings (SSSR count). The van der Waals surface area contributed by atoms with E-state index in [1.54, 1.807) is 0 Å². The highest BCUT2D eigenvalue weighted by Gasteiger charge is 2.22. The van der Waals surface area contributed by atoms with Crippen LogP contribution in [0.4, 0.5) is 0 Å². The number of carbonyl (C=O) groups excluding carboxylic acids is 1. The van der Waals surface area contributed by atoms with E-state index in [9.17, 15) is 4.79 Å². The number of hydrogen-bond acceptors (Lipinski definition) is 3. The van der Waals surface area contributed by atoms with Crippen molar-refractivity contribution >= 4 is 5.91 Å². The molecule has 0 aromatic carbocycles. The predicted molar refractivity (Wildman–Crippen MR) is 67.9 cm³/mol. The molecule has 98 valence electrons. The molecule has 1 aromatic heterocycles. The van der Waals surface area contributed by atoms with Gasteiger partial charge in [0, 0.05) is 45.3 Å². The lowest BCUT2D eigenvalue weighted by Gasteiger charge is -2.20. The Morgan fingerprint density at radius 1 is 1.50 bits per heavy atom. The molecular weight excluding hydrogens is 228 g/mol. The molecule has 0 aliphatic carbocycles. The fourth-order valence-electron chi connectivity index (χ4n) is 2.86. The summed E-state index contributed by atoms with van der Waals surface area (Å²) >= 11 is 0. The number of likely N-dealkylation sites (tertiary alicyclic amines) is 1. The van der Waals surface area contributed by atoms with Crippen LogP contribution in [0, 0.1) is 5.92 Å². The van der Waals surface area contributed by atoms with Crippen LogP contribution in [-0.2, 0) is 17.9 Å². The van der Waals surface area contributed by atoms with Crippen molar-refractivity contribution in [2.45, 2.75) is 32.4 Å². The first-order chi connectivity index (χ1) is 8.83. The van der Waals surface area contributed by atoms with Gasteiger partial charge in [0.25, 0.3) is 0 Å². The van der Waals surface area contributed by atoms with E-state index in [1.807, 2.05) is 11.1 Å². The van der Waals surface area contributed by atoms with E-state index >= 15 is 0 Å². The van der Waals surface area contributed by atoms with Crippen molar-refractivity contribution < 1.29 is 4.79 Å². The van der Waals surface area contributed by atoms with Gasteiger partial charge in [-0.05, 0) is 24.8 Å². The number of amides is 1. The van der Waals surface area contributed by atoms with Gasteiger partial charge in [-0.1, -0.05) is 0 Å². The normalized spacial score (nSPS) is 24.1. The number of nitrogens with one attached hydrogen (secondary N) is 1. The molecule has 1 unspecified atom stereocenters. The number of rotatable bonds is 3. The van der Waals surface area contributed by atoms with Crippen LogP contribution in [0.2, 0.25) is 0 Å². The zero-order chi connectivity index (χ0) is 12.4. The van der Waals surface area contributed by atoms with E-state index in [2.05, 4.69) is 21.2 Å². The lowest BCUT2D eigenvalue weighted by molar-refractivity contribution is -0.127. The SMILES string of the molecule is O=C1CCCN1CCC1CNCc2ccnn2C1. The molecular formula is C13H20N4O. The van der Waals surface area contributed by atoms with Crippen molar-refractivity contribution in [1.29, 1.82) is 0 Å². The van der Waals surface area contributed by atoms with Crippen LogP contribution in [0.3, 0.4) is 0 Å². The van der Waals surface area contributed by atoms with Gasteiger partial charge >= 0.3 is 0 Å². The number of fused-ring (bicyclic) bond motifs is 1. The summed E-state index contributed by atoms with van der Waals surface area (Å²) in [5.41, 5.74) is 1.26. The van der Waals surface area contributed by atoms with Gasteiger partial charge in [0.05, 0.1) is 5.69 Å². The van der Waals surface area contributed by atoms with E-state index in [4.69, 9.17) is 0 Å². The van der Waals surface area contributed by atoms with Gasteiger partial charge in [-0.2, -0.15) is 5.10 Å². The molecule has 5 heteroatoms. The third-order valence-corrected chi connectivity index (χ3v) is 3.95. The fraction of sp³-hybridized carbons (Fsp3) is 0.692. The van der Waals surface area contributed by atoms with Crippen molar-refractivity contribution in [3.8, 4) is 0 Å². The maximum absolute atomic E-state index is 11.6. The molecule has 2 aliphatic heterocycles. The minimum atomic E-state index is 0.330. The molecule has 1 atom stereocenters. The first-order valence-corrected chi connectivity index (χ1v) is 6.82. The smallest absolute Gasteiger partial charge is 0.222 e. The van der Waals surface area contributed by atoms with Crippen LogP contribution < -0.4 is 5.32 Å². The summed E-state index contributed by atoms with van der Waals surface area (Å²) < 4.78 is 2.09. The van der Waals surface area contributed by atoms with Crippen LogP contribution in [0.1, 0.15) is 25.0 Å². The van der Waals surface area contributed by atoms with Crippen LogP contribution in [0.5, 0.6) is 0 Å². The highest BCUT2D eigenvalue weighted by Crippen LogP contribution is 2.16.